The van der Waals surface area contributed by atoms with Gasteiger partial charge in [0.15, 0.2) is 11.5 Å². The minimum Gasteiger partial charge on any atom is -0.454 e. The largest absolute Gasteiger partial charge is 0.454 e. The van der Waals surface area contributed by atoms with E-state index in [4.69, 9.17) is 19.9 Å². The number of halogens is 1. The lowest BCUT2D eigenvalue weighted by Gasteiger charge is -2.18. The molecule has 0 radical (unpaired) electrons. The number of nitrogens with one attached hydrogen (secondary N) is 1. The minimum absolute atomic E-state index is 0.0456. The van der Waals surface area contributed by atoms with Crippen LogP contribution in [0.5, 0.6) is 11.5 Å². The highest BCUT2D eigenvalue weighted by Crippen LogP contribution is 2.41. The van der Waals surface area contributed by atoms with Gasteiger partial charge in [-0.15, -0.1) is 0 Å². The van der Waals surface area contributed by atoms with Crippen molar-refractivity contribution in [2.45, 2.75) is 13.0 Å². The Morgan fingerprint density at radius 3 is 3.05 bits per heavy atom. The van der Waals surface area contributed by atoms with Crippen molar-refractivity contribution in [3.63, 3.8) is 0 Å². The number of nitrogens with two attached hydrogens (primary N) is 1. The van der Waals surface area contributed by atoms with E-state index in [0.717, 1.165) is 33.7 Å². The number of rotatable bonds is 8. The fourth-order valence-electron chi connectivity index (χ4n) is 2.08. The van der Waals surface area contributed by atoms with E-state index in [-0.39, 0.29) is 12.8 Å². The van der Waals surface area contributed by atoms with Crippen LogP contribution in [-0.4, -0.2) is 33.1 Å². The van der Waals surface area contributed by atoms with Crippen molar-refractivity contribution in [2.75, 3.05) is 33.1 Å². The predicted molar refractivity (Wildman–Crippen MR) is 85.7 cm³/mol. The van der Waals surface area contributed by atoms with Crippen molar-refractivity contribution < 1.29 is 14.2 Å². The van der Waals surface area contributed by atoms with E-state index in [0.29, 0.717) is 19.8 Å². The summed E-state index contributed by atoms with van der Waals surface area (Å²) in [6.45, 7) is 8.42. The zero-order valence-corrected chi connectivity index (χ0v) is 13.7. The second-order valence-electron chi connectivity index (χ2n) is 4.99. The molecule has 2 rings (SSSR count). The van der Waals surface area contributed by atoms with E-state index in [2.05, 4.69) is 27.8 Å². The molecule has 0 saturated carbocycles. The van der Waals surface area contributed by atoms with E-state index >= 15 is 0 Å². The topological polar surface area (TPSA) is 65.7 Å². The maximum absolute atomic E-state index is 5.86. The molecule has 1 aromatic carbocycles. The Balaban J connectivity index is 1.92. The molecular formula is C15H21BrN2O3. The summed E-state index contributed by atoms with van der Waals surface area (Å²) >= 11 is 3.50. The Morgan fingerprint density at radius 1 is 1.52 bits per heavy atom. The molecule has 1 unspecified atom stereocenters. The highest BCUT2D eigenvalue weighted by Gasteiger charge is 2.20. The highest BCUT2D eigenvalue weighted by atomic mass is 79.9. The molecule has 0 bridgehead atoms. The standard InChI is InChI=1S/C15H21BrN2O3/c1-10(2)8-19-4-3-18-13(7-17)11-5-12(16)15-14(6-11)20-9-21-15/h5-6,13,18H,1,3-4,7-9,17H2,2H3. The monoisotopic (exact) mass is 356 g/mol. The average Bonchev–Trinajstić information content (AvgIpc) is 2.91. The van der Waals surface area contributed by atoms with Gasteiger partial charge in [0, 0.05) is 19.1 Å². The summed E-state index contributed by atoms with van der Waals surface area (Å²) in [5, 5.41) is 3.38. The van der Waals surface area contributed by atoms with Gasteiger partial charge in [0.05, 0.1) is 17.7 Å². The number of hydrogen-bond acceptors (Lipinski definition) is 5. The van der Waals surface area contributed by atoms with E-state index in [9.17, 15) is 0 Å². The van der Waals surface area contributed by atoms with Gasteiger partial charge in [0.2, 0.25) is 6.79 Å². The zero-order valence-electron chi connectivity index (χ0n) is 12.2. The maximum atomic E-state index is 5.86. The van der Waals surface area contributed by atoms with E-state index in [1.807, 2.05) is 19.1 Å². The van der Waals surface area contributed by atoms with Gasteiger partial charge in [0.25, 0.3) is 0 Å². The quantitative estimate of drug-likeness (QED) is 0.552. The van der Waals surface area contributed by atoms with Crippen molar-refractivity contribution in [1.29, 1.82) is 0 Å². The summed E-state index contributed by atoms with van der Waals surface area (Å²) in [7, 11) is 0. The first-order valence-corrected chi connectivity index (χ1v) is 7.65. The zero-order chi connectivity index (χ0) is 15.2. The second kappa shape index (κ2) is 7.79. The molecular weight excluding hydrogens is 336 g/mol. The third-order valence-electron chi connectivity index (χ3n) is 3.07. The SMILES string of the molecule is C=C(C)COCCNC(CN)c1cc(Br)c2c(c1)OCO2. The summed E-state index contributed by atoms with van der Waals surface area (Å²) in [6, 6.07) is 4.02. The van der Waals surface area contributed by atoms with Gasteiger partial charge in [-0.1, -0.05) is 12.2 Å². The van der Waals surface area contributed by atoms with Gasteiger partial charge in [-0.3, -0.25) is 0 Å². The van der Waals surface area contributed by atoms with Crippen LogP contribution >= 0.6 is 15.9 Å². The van der Waals surface area contributed by atoms with Crippen LogP contribution in [0.3, 0.4) is 0 Å². The molecule has 3 N–H and O–H groups in total. The van der Waals surface area contributed by atoms with Gasteiger partial charge in [0.1, 0.15) is 0 Å². The first-order chi connectivity index (χ1) is 10.1. The minimum atomic E-state index is 0.0456. The van der Waals surface area contributed by atoms with E-state index in [1.165, 1.54) is 0 Å². The number of ether oxygens (including phenoxy) is 3. The van der Waals surface area contributed by atoms with Gasteiger partial charge in [-0.2, -0.15) is 0 Å². The lowest BCUT2D eigenvalue weighted by atomic mass is 10.1. The summed E-state index contributed by atoms with van der Waals surface area (Å²) in [5.41, 5.74) is 7.94. The van der Waals surface area contributed by atoms with Crippen LogP contribution in [0.1, 0.15) is 18.5 Å². The highest BCUT2D eigenvalue weighted by molar-refractivity contribution is 9.10. The maximum Gasteiger partial charge on any atom is 0.231 e. The van der Waals surface area contributed by atoms with Gasteiger partial charge >= 0.3 is 0 Å². The summed E-state index contributed by atoms with van der Waals surface area (Å²) in [5.74, 6) is 1.50. The molecule has 0 aliphatic carbocycles. The van der Waals surface area contributed by atoms with Crippen LogP contribution in [0.25, 0.3) is 0 Å². The van der Waals surface area contributed by atoms with Crippen molar-refractivity contribution >= 4 is 15.9 Å². The van der Waals surface area contributed by atoms with Crippen LogP contribution in [0.15, 0.2) is 28.8 Å². The molecule has 0 spiro atoms. The summed E-state index contributed by atoms with van der Waals surface area (Å²) in [4.78, 5) is 0. The molecule has 0 fully saturated rings. The van der Waals surface area contributed by atoms with Crippen molar-refractivity contribution in [3.8, 4) is 11.5 Å². The molecule has 6 heteroatoms. The molecule has 0 amide bonds. The third-order valence-corrected chi connectivity index (χ3v) is 3.66. The smallest absolute Gasteiger partial charge is 0.231 e. The van der Waals surface area contributed by atoms with Crippen LogP contribution < -0.4 is 20.5 Å². The summed E-state index contributed by atoms with van der Waals surface area (Å²) < 4.78 is 17.2. The molecule has 1 aromatic rings. The van der Waals surface area contributed by atoms with Gasteiger partial charge < -0.3 is 25.3 Å². The fraction of sp³-hybridized carbons (Fsp3) is 0.467. The predicted octanol–water partition coefficient (Wildman–Crippen LogP) is 2.36. The lowest BCUT2D eigenvalue weighted by molar-refractivity contribution is 0.155. The molecule has 1 atom stereocenters. The van der Waals surface area contributed by atoms with E-state index < -0.39 is 0 Å². The Hall–Kier alpha value is -1.08. The first kappa shape index (κ1) is 16.3. The first-order valence-electron chi connectivity index (χ1n) is 6.86. The molecule has 1 aliphatic heterocycles. The van der Waals surface area contributed by atoms with Crippen molar-refractivity contribution in [1.82, 2.24) is 5.32 Å². The van der Waals surface area contributed by atoms with Gasteiger partial charge in [-0.05, 0) is 40.5 Å². The normalized spacial score (nSPS) is 14.2. The molecule has 0 aromatic heterocycles. The van der Waals surface area contributed by atoms with Crippen LogP contribution in [0, 0.1) is 0 Å². The molecule has 0 saturated heterocycles. The fourth-order valence-corrected chi connectivity index (χ4v) is 2.65. The lowest BCUT2D eigenvalue weighted by Crippen LogP contribution is -2.31. The number of hydrogen-bond donors (Lipinski definition) is 2. The Kier molecular flexibility index (Phi) is 6.05. The molecule has 116 valence electrons. The number of fused-ring (bicyclic) bond motifs is 1. The van der Waals surface area contributed by atoms with E-state index in [1.54, 1.807) is 0 Å². The molecule has 5 nitrogen and oxygen atoms in total. The van der Waals surface area contributed by atoms with Crippen LogP contribution in [-0.2, 0) is 4.74 Å². The van der Waals surface area contributed by atoms with Crippen molar-refractivity contribution in [3.05, 3.63) is 34.3 Å². The number of benzene rings is 1. The van der Waals surface area contributed by atoms with Crippen molar-refractivity contribution in [2.24, 2.45) is 5.73 Å². The second-order valence-corrected chi connectivity index (χ2v) is 5.84. The van der Waals surface area contributed by atoms with Gasteiger partial charge in [-0.25, -0.2) is 0 Å². The summed E-state index contributed by atoms with van der Waals surface area (Å²) in [6.07, 6.45) is 0. The Labute approximate surface area is 133 Å². The Bertz CT molecular complexity index is 508. The molecule has 21 heavy (non-hydrogen) atoms. The average molecular weight is 357 g/mol. The third kappa shape index (κ3) is 4.44. The molecule has 1 heterocycles. The Morgan fingerprint density at radius 2 is 2.33 bits per heavy atom. The van der Waals surface area contributed by atoms with Crippen LogP contribution in [0.2, 0.25) is 0 Å². The molecule has 1 aliphatic rings. The van der Waals surface area contributed by atoms with Crippen LogP contribution in [0.4, 0.5) is 0 Å².